The Kier molecular flexibility index (Phi) is 5.14. The Hall–Kier alpha value is -1.79. The molecule has 0 fully saturated rings. The molecule has 0 spiro atoms. The van der Waals surface area contributed by atoms with Crippen molar-refractivity contribution in [2.75, 3.05) is 11.8 Å². The maximum absolute atomic E-state index is 12.0. The van der Waals surface area contributed by atoms with Crippen LogP contribution >= 0.6 is 12.4 Å². The predicted octanol–water partition coefficient (Wildman–Crippen LogP) is 2.31. The maximum Gasteiger partial charge on any atom is 0.261 e. The molecule has 7 heteroatoms. The Morgan fingerprint density at radius 1 is 1.05 bits per heavy atom. The highest BCUT2D eigenvalue weighted by molar-refractivity contribution is 7.92. The van der Waals surface area contributed by atoms with Gasteiger partial charge in [-0.05, 0) is 36.4 Å². The summed E-state index contributed by atoms with van der Waals surface area (Å²) in [5.74, 6) is 0.609. The van der Waals surface area contributed by atoms with E-state index in [-0.39, 0.29) is 17.3 Å². The lowest BCUT2D eigenvalue weighted by atomic mass is 10.3. The van der Waals surface area contributed by atoms with E-state index in [2.05, 4.69) is 9.71 Å². The number of pyridine rings is 1. The molecular weight excluding hydrogens is 288 g/mol. The van der Waals surface area contributed by atoms with Crippen molar-refractivity contribution in [3.05, 3.63) is 48.8 Å². The first-order chi connectivity index (χ1) is 8.62. The van der Waals surface area contributed by atoms with Crippen molar-refractivity contribution in [1.82, 2.24) is 4.98 Å². The molecule has 2 aromatic rings. The lowest BCUT2D eigenvalue weighted by molar-refractivity contribution is 0.414. The SMILES string of the molecule is COc1ccc(S(=O)(=O)Nc2ccncc2)cc1.Cl. The first kappa shape index (κ1) is 15.3. The van der Waals surface area contributed by atoms with E-state index in [9.17, 15) is 8.42 Å². The highest BCUT2D eigenvalue weighted by Gasteiger charge is 2.13. The van der Waals surface area contributed by atoms with Gasteiger partial charge in [0.25, 0.3) is 10.0 Å². The standard InChI is InChI=1S/C12H12N2O3S.ClH/c1-17-11-2-4-12(5-3-11)18(15,16)14-10-6-8-13-9-7-10;/h2-9H,1H3,(H,13,14);1H. The van der Waals surface area contributed by atoms with Gasteiger partial charge in [-0.2, -0.15) is 0 Å². The van der Waals surface area contributed by atoms with Gasteiger partial charge in [0.15, 0.2) is 0 Å². The van der Waals surface area contributed by atoms with E-state index in [0.29, 0.717) is 11.4 Å². The topological polar surface area (TPSA) is 68.3 Å². The van der Waals surface area contributed by atoms with Crippen molar-refractivity contribution in [2.45, 2.75) is 4.90 Å². The zero-order valence-corrected chi connectivity index (χ0v) is 11.7. The van der Waals surface area contributed by atoms with Crippen molar-refractivity contribution in [1.29, 1.82) is 0 Å². The molecule has 1 aromatic carbocycles. The molecule has 0 radical (unpaired) electrons. The monoisotopic (exact) mass is 300 g/mol. The molecule has 0 amide bonds. The lowest BCUT2D eigenvalue weighted by Gasteiger charge is -2.08. The zero-order valence-electron chi connectivity index (χ0n) is 10.1. The Morgan fingerprint density at radius 3 is 2.16 bits per heavy atom. The van der Waals surface area contributed by atoms with E-state index in [1.165, 1.54) is 31.6 Å². The third-order valence-electron chi connectivity index (χ3n) is 2.30. The number of hydrogen-bond donors (Lipinski definition) is 1. The number of rotatable bonds is 4. The van der Waals surface area contributed by atoms with Gasteiger partial charge >= 0.3 is 0 Å². The van der Waals surface area contributed by atoms with Gasteiger partial charge in [0.2, 0.25) is 0 Å². The first-order valence-corrected chi connectivity index (χ1v) is 6.67. The number of ether oxygens (including phenoxy) is 1. The molecule has 102 valence electrons. The number of aromatic nitrogens is 1. The quantitative estimate of drug-likeness (QED) is 0.941. The minimum absolute atomic E-state index is 0. The molecule has 0 saturated carbocycles. The second-order valence-electron chi connectivity index (χ2n) is 3.52. The van der Waals surface area contributed by atoms with Crippen LogP contribution in [0.15, 0.2) is 53.7 Å². The zero-order chi connectivity index (χ0) is 13.0. The van der Waals surface area contributed by atoms with Gasteiger partial charge in [0.05, 0.1) is 17.7 Å². The second-order valence-corrected chi connectivity index (χ2v) is 5.20. The number of benzene rings is 1. The van der Waals surface area contributed by atoms with Gasteiger partial charge in [-0.1, -0.05) is 0 Å². The van der Waals surface area contributed by atoms with Gasteiger partial charge in [0, 0.05) is 12.4 Å². The van der Waals surface area contributed by atoms with Crippen LogP contribution in [0.3, 0.4) is 0 Å². The average molecular weight is 301 g/mol. The van der Waals surface area contributed by atoms with E-state index >= 15 is 0 Å². The summed E-state index contributed by atoms with van der Waals surface area (Å²) in [6.45, 7) is 0. The maximum atomic E-state index is 12.0. The Balaban J connectivity index is 0.00000180. The van der Waals surface area contributed by atoms with Crippen molar-refractivity contribution in [2.24, 2.45) is 0 Å². The molecule has 5 nitrogen and oxygen atoms in total. The summed E-state index contributed by atoms with van der Waals surface area (Å²) in [6.07, 6.45) is 3.04. The van der Waals surface area contributed by atoms with Crippen LogP contribution in [0.1, 0.15) is 0 Å². The van der Waals surface area contributed by atoms with E-state index < -0.39 is 10.0 Å². The highest BCUT2D eigenvalue weighted by atomic mass is 35.5. The highest BCUT2D eigenvalue weighted by Crippen LogP contribution is 2.18. The van der Waals surface area contributed by atoms with Crippen molar-refractivity contribution in [3.8, 4) is 5.75 Å². The molecule has 1 heterocycles. The first-order valence-electron chi connectivity index (χ1n) is 5.19. The summed E-state index contributed by atoms with van der Waals surface area (Å²) in [5, 5.41) is 0. The van der Waals surface area contributed by atoms with Crippen LogP contribution in [-0.4, -0.2) is 20.5 Å². The summed E-state index contributed by atoms with van der Waals surface area (Å²) in [6, 6.07) is 9.34. The lowest BCUT2D eigenvalue weighted by Crippen LogP contribution is -2.12. The molecule has 1 N–H and O–H groups in total. The molecule has 0 aliphatic rings. The minimum atomic E-state index is -3.57. The predicted molar refractivity (Wildman–Crippen MR) is 75.3 cm³/mol. The largest absolute Gasteiger partial charge is 0.497 e. The van der Waals surface area contributed by atoms with E-state index in [1.54, 1.807) is 24.3 Å². The van der Waals surface area contributed by atoms with Gasteiger partial charge in [-0.15, -0.1) is 12.4 Å². The van der Waals surface area contributed by atoms with E-state index in [1.807, 2.05) is 0 Å². The van der Waals surface area contributed by atoms with Gasteiger partial charge < -0.3 is 4.74 Å². The molecule has 0 aliphatic carbocycles. The molecule has 0 aliphatic heterocycles. The number of halogens is 1. The summed E-state index contributed by atoms with van der Waals surface area (Å²) >= 11 is 0. The van der Waals surface area contributed by atoms with Crippen molar-refractivity contribution < 1.29 is 13.2 Å². The molecular formula is C12H13ClN2O3S. The number of nitrogens with one attached hydrogen (secondary N) is 1. The summed E-state index contributed by atoms with van der Waals surface area (Å²) in [4.78, 5) is 4.00. The molecule has 19 heavy (non-hydrogen) atoms. The number of nitrogens with zero attached hydrogens (tertiary/aromatic N) is 1. The van der Waals surface area contributed by atoms with Crippen molar-refractivity contribution >= 4 is 28.1 Å². The van der Waals surface area contributed by atoms with Gasteiger partial charge in [-0.3, -0.25) is 9.71 Å². The molecule has 2 rings (SSSR count). The Bertz CT molecular complexity index is 615. The smallest absolute Gasteiger partial charge is 0.261 e. The third kappa shape index (κ3) is 3.84. The number of hydrogen-bond acceptors (Lipinski definition) is 4. The summed E-state index contributed by atoms with van der Waals surface area (Å²) in [5.41, 5.74) is 0.473. The Morgan fingerprint density at radius 2 is 1.63 bits per heavy atom. The molecule has 0 atom stereocenters. The fraction of sp³-hybridized carbons (Fsp3) is 0.0833. The second kappa shape index (κ2) is 6.40. The number of sulfonamides is 1. The van der Waals surface area contributed by atoms with Crippen LogP contribution in [-0.2, 0) is 10.0 Å². The van der Waals surface area contributed by atoms with Crippen LogP contribution in [0.5, 0.6) is 5.75 Å². The summed E-state index contributed by atoms with van der Waals surface area (Å²) in [7, 11) is -2.05. The average Bonchev–Trinajstić information content (AvgIpc) is 2.39. The minimum Gasteiger partial charge on any atom is -0.497 e. The third-order valence-corrected chi connectivity index (χ3v) is 3.70. The van der Waals surface area contributed by atoms with Crippen molar-refractivity contribution in [3.63, 3.8) is 0 Å². The molecule has 0 saturated heterocycles. The van der Waals surface area contributed by atoms with Crippen LogP contribution in [0.25, 0.3) is 0 Å². The van der Waals surface area contributed by atoms with Crippen LogP contribution in [0.2, 0.25) is 0 Å². The number of anilines is 1. The Labute approximate surface area is 118 Å². The van der Waals surface area contributed by atoms with E-state index in [4.69, 9.17) is 4.74 Å². The number of methoxy groups -OCH3 is 1. The molecule has 1 aromatic heterocycles. The normalized spacial score (nSPS) is 10.4. The van der Waals surface area contributed by atoms with Crippen LogP contribution < -0.4 is 9.46 Å². The summed E-state index contributed by atoms with van der Waals surface area (Å²) < 4.78 is 31.5. The molecule has 0 unspecified atom stereocenters. The fourth-order valence-corrected chi connectivity index (χ4v) is 2.45. The van der Waals surface area contributed by atoms with Crippen LogP contribution in [0.4, 0.5) is 5.69 Å². The fourth-order valence-electron chi connectivity index (χ4n) is 1.39. The van der Waals surface area contributed by atoms with Crippen LogP contribution in [0, 0.1) is 0 Å². The van der Waals surface area contributed by atoms with Gasteiger partial charge in [0.1, 0.15) is 5.75 Å². The van der Waals surface area contributed by atoms with E-state index in [0.717, 1.165) is 0 Å². The molecule has 0 bridgehead atoms. The van der Waals surface area contributed by atoms with Gasteiger partial charge in [-0.25, -0.2) is 8.42 Å².